The van der Waals surface area contributed by atoms with Gasteiger partial charge >= 0.3 is 5.69 Å². The molecule has 2 N–H and O–H groups in total. The van der Waals surface area contributed by atoms with Gasteiger partial charge in [0.1, 0.15) is 0 Å². The number of nitrogens with one attached hydrogen (secondary N) is 2. The van der Waals surface area contributed by atoms with Gasteiger partial charge in [-0.05, 0) is 56.7 Å². The Morgan fingerprint density at radius 2 is 1.88 bits per heavy atom. The summed E-state index contributed by atoms with van der Waals surface area (Å²) in [6, 6.07) is 8.39. The summed E-state index contributed by atoms with van der Waals surface area (Å²) in [6.07, 6.45) is 5.16. The van der Waals surface area contributed by atoms with Crippen molar-refractivity contribution >= 4 is 16.9 Å². The van der Waals surface area contributed by atoms with Crippen molar-refractivity contribution in [1.82, 2.24) is 19.8 Å². The molecular weight excluding hydrogens is 328 g/mol. The number of piperidine rings is 3. The maximum atomic E-state index is 13.0. The second-order valence-electron chi connectivity index (χ2n) is 8.17. The minimum Gasteiger partial charge on any atom is -0.342 e. The van der Waals surface area contributed by atoms with Gasteiger partial charge in [0.25, 0.3) is 0 Å². The van der Waals surface area contributed by atoms with Gasteiger partial charge in [0.2, 0.25) is 5.91 Å². The fraction of sp³-hybridized carbons (Fsp3) is 0.600. The minimum absolute atomic E-state index is 0.0373. The van der Waals surface area contributed by atoms with Crippen LogP contribution in [0.3, 0.4) is 0 Å². The number of H-pyrrole nitrogens is 1. The number of fused-ring (bicyclic) bond motifs is 4. The van der Waals surface area contributed by atoms with Gasteiger partial charge in [0.05, 0.1) is 17.0 Å². The Kier molecular flexibility index (Phi) is 3.89. The van der Waals surface area contributed by atoms with Gasteiger partial charge in [-0.2, -0.15) is 0 Å². The smallest absolute Gasteiger partial charge is 0.326 e. The van der Waals surface area contributed by atoms with Gasteiger partial charge in [0, 0.05) is 25.2 Å². The number of rotatable bonds is 2. The third-order valence-electron chi connectivity index (χ3n) is 6.71. The number of carbonyl (C=O) groups is 1. The van der Waals surface area contributed by atoms with Crippen molar-refractivity contribution in [3.63, 3.8) is 0 Å². The molecule has 3 aliphatic heterocycles. The summed E-state index contributed by atoms with van der Waals surface area (Å²) < 4.78 is 1.89. The normalized spacial score (nSPS) is 29.4. The fourth-order valence-corrected chi connectivity index (χ4v) is 5.29. The molecule has 1 aromatic heterocycles. The molecule has 1 aliphatic carbocycles. The first-order valence-corrected chi connectivity index (χ1v) is 9.92. The van der Waals surface area contributed by atoms with E-state index in [9.17, 15) is 9.59 Å². The zero-order chi connectivity index (χ0) is 17.7. The fourth-order valence-electron chi connectivity index (χ4n) is 5.29. The van der Waals surface area contributed by atoms with Crippen molar-refractivity contribution in [2.75, 3.05) is 19.6 Å². The van der Waals surface area contributed by atoms with E-state index < -0.39 is 0 Å². The summed E-state index contributed by atoms with van der Waals surface area (Å²) in [6.45, 7) is 2.59. The molecule has 1 saturated carbocycles. The van der Waals surface area contributed by atoms with Crippen molar-refractivity contribution in [3.05, 3.63) is 34.7 Å². The number of amides is 1. The summed E-state index contributed by atoms with van der Waals surface area (Å²) >= 11 is 0. The SMILES string of the molecule is O=C(C1CC2CCC1NC2)N1CCC(n2c(=O)[nH]c3ccccc32)CC1. The Morgan fingerprint density at radius 1 is 1.08 bits per heavy atom. The molecule has 3 atom stereocenters. The number of benzene rings is 1. The van der Waals surface area contributed by atoms with Crippen LogP contribution in [0, 0.1) is 11.8 Å². The van der Waals surface area contributed by atoms with E-state index in [0.29, 0.717) is 17.9 Å². The van der Waals surface area contributed by atoms with E-state index in [1.165, 1.54) is 6.42 Å². The van der Waals surface area contributed by atoms with E-state index in [4.69, 9.17) is 0 Å². The van der Waals surface area contributed by atoms with Crippen molar-refractivity contribution in [2.24, 2.45) is 11.8 Å². The second kappa shape index (κ2) is 6.27. The number of aromatic amines is 1. The summed E-state index contributed by atoms with van der Waals surface area (Å²) in [5, 5.41) is 3.55. The van der Waals surface area contributed by atoms with Gasteiger partial charge in [-0.25, -0.2) is 4.79 Å². The number of nitrogens with zero attached hydrogens (tertiary/aromatic N) is 2. The van der Waals surface area contributed by atoms with Crippen LogP contribution in [0.5, 0.6) is 0 Å². The zero-order valence-electron chi connectivity index (χ0n) is 15.0. The van der Waals surface area contributed by atoms with Gasteiger partial charge in [-0.15, -0.1) is 0 Å². The van der Waals surface area contributed by atoms with Gasteiger partial charge in [-0.3, -0.25) is 9.36 Å². The molecule has 1 amide bonds. The third-order valence-corrected chi connectivity index (χ3v) is 6.71. The molecule has 6 heteroatoms. The summed E-state index contributed by atoms with van der Waals surface area (Å²) in [5.41, 5.74) is 1.82. The lowest BCUT2D eigenvalue weighted by molar-refractivity contribution is -0.140. The van der Waals surface area contributed by atoms with Gasteiger partial charge in [-0.1, -0.05) is 12.1 Å². The Bertz CT molecular complexity index is 869. The predicted molar refractivity (Wildman–Crippen MR) is 100 cm³/mol. The Balaban J connectivity index is 1.29. The number of imidazole rings is 1. The highest BCUT2D eigenvalue weighted by Crippen LogP contribution is 2.35. The minimum atomic E-state index is -0.0373. The molecule has 4 heterocycles. The molecule has 2 aromatic rings. The standard InChI is InChI=1S/C20H26N4O2/c25-19(15-11-13-5-6-16(15)21-12-13)23-9-7-14(8-10-23)24-18-4-2-1-3-17(18)22-20(24)26/h1-4,13-16,21H,5-12H2,(H,22,26). The topological polar surface area (TPSA) is 70.1 Å². The van der Waals surface area contributed by atoms with Crippen molar-refractivity contribution in [2.45, 2.75) is 44.2 Å². The molecule has 26 heavy (non-hydrogen) atoms. The van der Waals surface area contributed by atoms with Crippen LogP contribution in [0.4, 0.5) is 0 Å². The first-order valence-electron chi connectivity index (χ1n) is 9.92. The lowest BCUT2D eigenvalue weighted by atomic mass is 9.73. The second-order valence-corrected chi connectivity index (χ2v) is 8.17. The van der Waals surface area contributed by atoms with Crippen LogP contribution in [0.1, 0.15) is 38.1 Å². The van der Waals surface area contributed by atoms with E-state index in [1.54, 1.807) is 0 Å². The molecular formula is C20H26N4O2. The highest BCUT2D eigenvalue weighted by Gasteiger charge is 2.41. The van der Waals surface area contributed by atoms with E-state index >= 15 is 0 Å². The highest BCUT2D eigenvalue weighted by atomic mass is 16.2. The molecule has 0 spiro atoms. The van der Waals surface area contributed by atoms with Gasteiger partial charge in [0.15, 0.2) is 0 Å². The first-order chi connectivity index (χ1) is 12.7. The lowest BCUT2D eigenvalue weighted by Crippen LogP contribution is -2.56. The number of aromatic nitrogens is 2. The molecule has 6 nitrogen and oxygen atoms in total. The average Bonchev–Trinajstić information content (AvgIpc) is 3.04. The highest BCUT2D eigenvalue weighted by molar-refractivity contribution is 5.80. The van der Waals surface area contributed by atoms with Crippen LogP contribution in [-0.2, 0) is 4.79 Å². The molecule has 3 unspecified atom stereocenters. The Labute approximate surface area is 152 Å². The largest absolute Gasteiger partial charge is 0.342 e. The van der Waals surface area contributed by atoms with E-state index in [1.807, 2.05) is 33.7 Å². The molecule has 2 bridgehead atoms. The average molecular weight is 354 g/mol. The molecule has 3 saturated heterocycles. The zero-order valence-corrected chi connectivity index (χ0v) is 15.0. The summed E-state index contributed by atoms with van der Waals surface area (Å²) in [7, 11) is 0. The van der Waals surface area contributed by atoms with Crippen molar-refractivity contribution in [1.29, 1.82) is 0 Å². The monoisotopic (exact) mass is 354 g/mol. The molecule has 0 radical (unpaired) electrons. The number of hydrogen-bond donors (Lipinski definition) is 2. The molecule has 4 fully saturated rings. The van der Waals surface area contributed by atoms with E-state index in [-0.39, 0.29) is 17.6 Å². The number of carbonyl (C=O) groups excluding carboxylic acids is 1. The maximum absolute atomic E-state index is 13.0. The van der Waals surface area contributed by atoms with Gasteiger partial charge < -0.3 is 15.2 Å². The van der Waals surface area contributed by atoms with Crippen LogP contribution in [0.15, 0.2) is 29.1 Å². The quantitative estimate of drug-likeness (QED) is 0.865. The lowest BCUT2D eigenvalue weighted by Gasteiger charge is -2.45. The van der Waals surface area contributed by atoms with Crippen molar-refractivity contribution < 1.29 is 4.79 Å². The van der Waals surface area contributed by atoms with Crippen LogP contribution in [0.2, 0.25) is 0 Å². The van der Waals surface area contributed by atoms with E-state index in [0.717, 1.165) is 56.4 Å². The molecule has 1 aromatic carbocycles. The van der Waals surface area contributed by atoms with Crippen LogP contribution in [0.25, 0.3) is 11.0 Å². The molecule has 138 valence electrons. The first kappa shape index (κ1) is 16.1. The summed E-state index contributed by atoms with van der Waals surface area (Å²) in [4.78, 5) is 30.4. The predicted octanol–water partition coefficient (Wildman–Crippen LogP) is 1.88. The summed E-state index contributed by atoms with van der Waals surface area (Å²) in [5.74, 6) is 1.17. The molecule has 4 aliphatic rings. The number of hydrogen-bond acceptors (Lipinski definition) is 3. The van der Waals surface area contributed by atoms with Crippen LogP contribution in [-0.4, -0.2) is 46.0 Å². The maximum Gasteiger partial charge on any atom is 0.326 e. The van der Waals surface area contributed by atoms with E-state index in [2.05, 4.69) is 10.3 Å². The van der Waals surface area contributed by atoms with Crippen LogP contribution < -0.4 is 11.0 Å². The Hall–Kier alpha value is -2.08. The Morgan fingerprint density at radius 3 is 2.58 bits per heavy atom. The third kappa shape index (κ3) is 2.58. The molecule has 6 rings (SSSR count). The van der Waals surface area contributed by atoms with Crippen LogP contribution >= 0.6 is 0 Å². The van der Waals surface area contributed by atoms with Crippen molar-refractivity contribution in [3.8, 4) is 0 Å². The number of para-hydroxylation sites is 2. The number of likely N-dealkylation sites (tertiary alicyclic amines) is 1.